The number of para-hydroxylation sites is 1. The van der Waals surface area contributed by atoms with E-state index in [1.54, 1.807) is 24.6 Å². The second-order valence-electron chi connectivity index (χ2n) is 5.06. The first-order chi connectivity index (χ1) is 12.4. The highest BCUT2D eigenvalue weighted by Crippen LogP contribution is 2.33. The van der Waals surface area contributed by atoms with Gasteiger partial charge >= 0.3 is 0 Å². The van der Waals surface area contributed by atoms with Crippen LogP contribution < -0.4 is 4.74 Å². The highest BCUT2D eigenvalue weighted by atomic mass is 16.5. The molecule has 2 aliphatic heterocycles. The third kappa shape index (κ3) is 4.43. The number of aliphatic imine (C=N–C) groups is 2. The van der Waals surface area contributed by atoms with E-state index in [1.807, 2.05) is 48.6 Å². The predicted molar refractivity (Wildman–Crippen MR) is 98.0 cm³/mol. The summed E-state index contributed by atoms with van der Waals surface area (Å²) in [6.07, 6.45) is 15.0. The Labute approximate surface area is 145 Å². The second-order valence-corrected chi connectivity index (χ2v) is 5.06. The lowest BCUT2D eigenvalue weighted by Gasteiger charge is -2.18. The van der Waals surface area contributed by atoms with Crippen molar-refractivity contribution in [3.8, 4) is 11.8 Å². The van der Waals surface area contributed by atoms with E-state index in [0.717, 1.165) is 16.9 Å². The molecule has 0 aliphatic carbocycles. The SMILES string of the molecule is N#CC1=COCC=C2C=C(C=CN=CN=CC=C1)c1ccccc1O2. The summed E-state index contributed by atoms with van der Waals surface area (Å²) in [4.78, 5) is 8.12. The minimum atomic E-state index is 0.288. The number of hydrogen-bond acceptors (Lipinski definition) is 5. The number of hydrogen-bond donors (Lipinski definition) is 0. The number of fused-ring (bicyclic) bond motifs is 3. The van der Waals surface area contributed by atoms with Crippen LogP contribution in [0, 0.1) is 11.3 Å². The van der Waals surface area contributed by atoms with E-state index in [-0.39, 0.29) is 6.61 Å². The van der Waals surface area contributed by atoms with Crippen molar-refractivity contribution in [1.82, 2.24) is 0 Å². The number of rotatable bonds is 0. The molecule has 0 spiro atoms. The molecule has 2 heterocycles. The minimum Gasteiger partial charge on any atom is -0.496 e. The van der Waals surface area contributed by atoms with Gasteiger partial charge in [-0.25, -0.2) is 9.98 Å². The van der Waals surface area contributed by atoms with E-state index in [1.165, 1.54) is 12.6 Å². The molecule has 0 saturated carbocycles. The van der Waals surface area contributed by atoms with Crippen LogP contribution in [0.15, 0.2) is 88.4 Å². The zero-order valence-corrected chi connectivity index (χ0v) is 13.4. The van der Waals surface area contributed by atoms with Crippen molar-refractivity contribution in [1.29, 1.82) is 5.26 Å². The van der Waals surface area contributed by atoms with Gasteiger partial charge in [-0.2, -0.15) is 5.26 Å². The Balaban J connectivity index is 1.94. The lowest BCUT2D eigenvalue weighted by Crippen LogP contribution is -2.03. The molecule has 0 N–H and O–H groups in total. The maximum Gasteiger partial charge on any atom is 0.135 e. The molecule has 0 atom stereocenters. The van der Waals surface area contributed by atoms with E-state index in [0.29, 0.717) is 11.3 Å². The van der Waals surface area contributed by atoms with E-state index >= 15 is 0 Å². The molecule has 25 heavy (non-hydrogen) atoms. The first kappa shape index (κ1) is 16.2. The van der Waals surface area contributed by atoms with Gasteiger partial charge in [0.2, 0.25) is 0 Å². The fourth-order valence-corrected chi connectivity index (χ4v) is 2.23. The van der Waals surface area contributed by atoms with Crippen molar-refractivity contribution >= 4 is 18.1 Å². The van der Waals surface area contributed by atoms with Gasteiger partial charge in [-0.15, -0.1) is 0 Å². The maximum atomic E-state index is 9.05. The molecule has 2 aliphatic rings. The lowest BCUT2D eigenvalue weighted by molar-refractivity contribution is 0.283. The first-order valence-electron chi connectivity index (χ1n) is 7.66. The smallest absolute Gasteiger partial charge is 0.135 e. The Hall–Kier alpha value is -3.65. The highest BCUT2D eigenvalue weighted by Gasteiger charge is 2.14. The summed E-state index contributed by atoms with van der Waals surface area (Å²) in [5.41, 5.74) is 2.36. The molecular formula is C20H15N3O2. The Morgan fingerprint density at radius 1 is 1.12 bits per heavy atom. The molecule has 0 radical (unpaired) electrons. The van der Waals surface area contributed by atoms with E-state index in [2.05, 4.69) is 9.98 Å². The van der Waals surface area contributed by atoms with Gasteiger partial charge in [0.1, 0.15) is 36.8 Å². The number of ether oxygens (including phenoxy) is 2. The molecule has 0 saturated heterocycles. The molecule has 0 amide bonds. The topological polar surface area (TPSA) is 67.0 Å². The molecular weight excluding hydrogens is 314 g/mol. The Kier molecular flexibility index (Phi) is 5.37. The van der Waals surface area contributed by atoms with Crippen LogP contribution in [0.25, 0.3) is 5.57 Å². The number of benzene rings is 1. The molecule has 0 unspecified atom stereocenters. The van der Waals surface area contributed by atoms with Crippen LogP contribution in [0.1, 0.15) is 5.56 Å². The van der Waals surface area contributed by atoms with Crippen molar-refractivity contribution in [3.05, 3.63) is 84.0 Å². The third-order valence-electron chi connectivity index (χ3n) is 3.37. The molecule has 3 rings (SSSR count). The normalized spacial score (nSPS) is 16.5. The largest absolute Gasteiger partial charge is 0.496 e. The van der Waals surface area contributed by atoms with Gasteiger partial charge in [0.15, 0.2) is 0 Å². The maximum absolute atomic E-state index is 9.05. The minimum absolute atomic E-state index is 0.288. The van der Waals surface area contributed by atoms with Crippen LogP contribution in [-0.4, -0.2) is 19.2 Å². The predicted octanol–water partition coefficient (Wildman–Crippen LogP) is 3.95. The molecule has 0 fully saturated rings. The second kappa shape index (κ2) is 8.27. The van der Waals surface area contributed by atoms with Crippen LogP contribution in [0.2, 0.25) is 0 Å². The summed E-state index contributed by atoms with van der Waals surface area (Å²) < 4.78 is 11.3. The molecule has 1 aromatic rings. The number of nitriles is 1. The van der Waals surface area contributed by atoms with Crippen LogP contribution in [-0.2, 0) is 4.74 Å². The summed E-state index contributed by atoms with van der Waals surface area (Å²) in [7, 11) is 0. The fourth-order valence-electron chi connectivity index (χ4n) is 2.23. The standard InChI is InChI=1S/C20H15N3O2/c21-13-16-4-3-9-22-15-23-10-7-17-12-18(8-11-24-14-16)25-20-6-2-1-5-19(17)20/h1-10,12,14-15H,11H2. The third-order valence-corrected chi connectivity index (χ3v) is 3.37. The van der Waals surface area contributed by atoms with Crippen molar-refractivity contribution in [3.63, 3.8) is 0 Å². The van der Waals surface area contributed by atoms with Crippen LogP contribution >= 0.6 is 0 Å². The highest BCUT2D eigenvalue weighted by molar-refractivity contribution is 5.82. The van der Waals surface area contributed by atoms with Crippen molar-refractivity contribution in [2.24, 2.45) is 9.98 Å². The number of nitrogens with zero attached hydrogens (tertiary/aromatic N) is 3. The first-order valence-corrected chi connectivity index (χ1v) is 7.66. The van der Waals surface area contributed by atoms with Gasteiger partial charge in [0.05, 0.1) is 5.57 Å². The van der Waals surface area contributed by atoms with Crippen LogP contribution in [0.4, 0.5) is 0 Å². The summed E-state index contributed by atoms with van der Waals surface area (Å²) >= 11 is 0. The Morgan fingerprint density at radius 2 is 2.04 bits per heavy atom. The van der Waals surface area contributed by atoms with Crippen molar-refractivity contribution < 1.29 is 9.47 Å². The summed E-state index contributed by atoms with van der Waals surface area (Å²) in [5, 5.41) is 9.05. The van der Waals surface area contributed by atoms with Crippen molar-refractivity contribution in [2.75, 3.05) is 6.61 Å². The van der Waals surface area contributed by atoms with Crippen molar-refractivity contribution in [2.45, 2.75) is 0 Å². The van der Waals surface area contributed by atoms with E-state index in [4.69, 9.17) is 14.7 Å². The van der Waals surface area contributed by atoms with Gasteiger partial charge < -0.3 is 9.47 Å². The Morgan fingerprint density at radius 3 is 2.96 bits per heavy atom. The lowest BCUT2D eigenvalue weighted by atomic mass is 10.0. The van der Waals surface area contributed by atoms with Crippen LogP contribution in [0.3, 0.4) is 0 Å². The van der Waals surface area contributed by atoms with Gasteiger partial charge in [-0.05, 0) is 42.0 Å². The Bertz CT molecular complexity index is 894. The summed E-state index contributed by atoms with van der Waals surface area (Å²) in [5.74, 6) is 1.45. The van der Waals surface area contributed by atoms with Gasteiger partial charge in [-0.1, -0.05) is 18.2 Å². The summed E-state index contributed by atoms with van der Waals surface area (Å²) in [6, 6.07) is 9.83. The van der Waals surface area contributed by atoms with Gasteiger partial charge in [-0.3, -0.25) is 0 Å². The fraction of sp³-hybridized carbons (Fsp3) is 0.0500. The molecule has 2 bridgehead atoms. The molecule has 5 nitrogen and oxygen atoms in total. The molecule has 5 heteroatoms. The van der Waals surface area contributed by atoms with Crippen LogP contribution in [0.5, 0.6) is 5.75 Å². The van der Waals surface area contributed by atoms with Gasteiger partial charge in [0, 0.05) is 18.0 Å². The zero-order chi connectivity index (χ0) is 17.3. The quantitative estimate of drug-likeness (QED) is 0.723. The average molecular weight is 329 g/mol. The summed E-state index contributed by atoms with van der Waals surface area (Å²) in [6.45, 7) is 0.288. The molecule has 0 aromatic heterocycles. The molecule has 1 aromatic carbocycles. The van der Waals surface area contributed by atoms with Gasteiger partial charge in [0.25, 0.3) is 0 Å². The van der Waals surface area contributed by atoms with E-state index < -0.39 is 0 Å². The monoisotopic (exact) mass is 329 g/mol. The average Bonchev–Trinajstić information content (AvgIpc) is 2.64. The number of allylic oxidation sites excluding steroid dienone is 6. The molecule has 122 valence electrons. The zero-order valence-electron chi connectivity index (χ0n) is 13.4. The van der Waals surface area contributed by atoms with E-state index in [9.17, 15) is 0 Å².